The third-order valence-electron chi connectivity index (χ3n) is 2.89. The van der Waals surface area contributed by atoms with Crippen molar-refractivity contribution in [1.82, 2.24) is 0 Å². The van der Waals surface area contributed by atoms with Crippen molar-refractivity contribution in [2.24, 2.45) is 0 Å². The number of amides is 1. The summed E-state index contributed by atoms with van der Waals surface area (Å²) in [6.45, 7) is -0.441. The number of hydrogen-bond acceptors (Lipinski definition) is 5. The van der Waals surface area contributed by atoms with Crippen LogP contribution < -0.4 is 15.8 Å². The molecule has 0 aliphatic rings. The number of nitrogens with two attached hydrogens (primary N) is 1. The molecule has 0 spiro atoms. The van der Waals surface area contributed by atoms with Crippen LogP contribution in [-0.4, -0.2) is 25.6 Å². The standard InChI is InChI=1S/C16H15ClN2O4/c1-22-14-6-5-11(17)8-13(14)19-15(20)9-23-16(21)10-3-2-4-12(18)7-10/h2-8H,9,18H2,1H3,(H,19,20). The molecule has 2 aromatic carbocycles. The van der Waals surface area contributed by atoms with Crippen molar-refractivity contribution >= 4 is 34.9 Å². The molecule has 7 heteroatoms. The first-order valence-electron chi connectivity index (χ1n) is 6.65. The molecular formula is C16H15ClN2O4. The summed E-state index contributed by atoms with van der Waals surface area (Å²) in [5.41, 5.74) is 6.69. The highest BCUT2D eigenvalue weighted by atomic mass is 35.5. The normalized spacial score (nSPS) is 10.0. The Morgan fingerprint density at radius 3 is 2.70 bits per heavy atom. The van der Waals surface area contributed by atoms with E-state index in [9.17, 15) is 9.59 Å². The lowest BCUT2D eigenvalue weighted by Gasteiger charge is -2.11. The van der Waals surface area contributed by atoms with Gasteiger partial charge < -0.3 is 20.5 Å². The Hall–Kier alpha value is -2.73. The number of methoxy groups -OCH3 is 1. The van der Waals surface area contributed by atoms with Crippen LogP contribution >= 0.6 is 11.6 Å². The number of ether oxygens (including phenoxy) is 2. The predicted octanol–water partition coefficient (Wildman–Crippen LogP) is 2.73. The minimum absolute atomic E-state index is 0.276. The number of rotatable bonds is 5. The molecule has 0 fully saturated rings. The van der Waals surface area contributed by atoms with Crippen molar-refractivity contribution in [3.63, 3.8) is 0 Å². The molecule has 0 saturated carbocycles. The fraction of sp³-hybridized carbons (Fsp3) is 0.125. The number of anilines is 2. The van der Waals surface area contributed by atoms with Gasteiger partial charge >= 0.3 is 5.97 Å². The summed E-state index contributed by atoms with van der Waals surface area (Å²) in [6, 6.07) is 11.1. The molecule has 0 aliphatic heterocycles. The lowest BCUT2D eigenvalue weighted by Crippen LogP contribution is -2.21. The highest BCUT2D eigenvalue weighted by molar-refractivity contribution is 6.31. The molecule has 3 N–H and O–H groups in total. The molecule has 0 aromatic heterocycles. The second-order valence-electron chi connectivity index (χ2n) is 4.59. The number of nitrogen functional groups attached to an aromatic ring is 1. The molecule has 0 bridgehead atoms. The lowest BCUT2D eigenvalue weighted by molar-refractivity contribution is -0.119. The molecule has 0 aliphatic carbocycles. The lowest BCUT2D eigenvalue weighted by atomic mass is 10.2. The largest absolute Gasteiger partial charge is 0.495 e. The molecule has 0 radical (unpaired) electrons. The van der Waals surface area contributed by atoms with Gasteiger partial charge in [0.2, 0.25) is 0 Å². The first-order valence-corrected chi connectivity index (χ1v) is 7.03. The average molecular weight is 335 g/mol. The fourth-order valence-corrected chi connectivity index (χ4v) is 2.02. The van der Waals surface area contributed by atoms with Crippen molar-refractivity contribution in [3.05, 3.63) is 53.1 Å². The molecule has 2 rings (SSSR count). The molecule has 23 heavy (non-hydrogen) atoms. The summed E-state index contributed by atoms with van der Waals surface area (Å²) in [5, 5.41) is 3.01. The second-order valence-corrected chi connectivity index (χ2v) is 5.03. The molecule has 0 heterocycles. The molecule has 120 valence electrons. The third kappa shape index (κ3) is 4.62. The zero-order chi connectivity index (χ0) is 16.8. The van der Waals surface area contributed by atoms with E-state index in [0.29, 0.717) is 22.1 Å². The van der Waals surface area contributed by atoms with Crippen LogP contribution in [0.1, 0.15) is 10.4 Å². The molecule has 0 saturated heterocycles. The first kappa shape index (κ1) is 16.6. The highest BCUT2D eigenvalue weighted by Crippen LogP contribution is 2.27. The number of benzene rings is 2. The first-order chi connectivity index (χ1) is 11.0. The zero-order valence-electron chi connectivity index (χ0n) is 12.3. The van der Waals surface area contributed by atoms with Crippen LogP contribution in [0, 0.1) is 0 Å². The number of halogens is 1. The summed E-state index contributed by atoms with van der Waals surface area (Å²) < 4.78 is 10.1. The summed E-state index contributed by atoms with van der Waals surface area (Å²) >= 11 is 5.88. The van der Waals surface area contributed by atoms with Gasteiger partial charge in [0, 0.05) is 10.7 Å². The maximum absolute atomic E-state index is 11.9. The molecule has 0 unspecified atom stereocenters. The predicted molar refractivity (Wildman–Crippen MR) is 87.8 cm³/mol. The van der Waals surface area contributed by atoms with E-state index >= 15 is 0 Å². The summed E-state index contributed by atoms with van der Waals surface area (Å²) in [4.78, 5) is 23.7. The Balaban J connectivity index is 1.95. The van der Waals surface area contributed by atoms with E-state index in [2.05, 4.69) is 5.32 Å². The van der Waals surface area contributed by atoms with Gasteiger partial charge in [-0.3, -0.25) is 4.79 Å². The van der Waals surface area contributed by atoms with Crippen molar-refractivity contribution in [2.75, 3.05) is 24.8 Å². The van der Waals surface area contributed by atoms with Crippen molar-refractivity contribution < 1.29 is 19.1 Å². The van der Waals surface area contributed by atoms with Gasteiger partial charge in [0.05, 0.1) is 18.4 Å². The minimum Gasteiger partial charge on any atom is -0.495 e. The van der Waals surface area contributed by atoms with Gasteiger partial charge in [0.25, 0.3) is 5.91 Å². The van der Waals surface area contributed by atoms with Crippen LogP contribution in [0.5, 0.6) is 5.75 Å². The topological polar surface area (TPSA) is 90.6 Å². The van der Waals surface area contributed by atoms with Gasteiger partial charge in [-0.1, -0.05) is 17.7 Å². The SMILES string of the molecule is COc1ccc(Cl)cc1NC(=O)COC(=O)c1cccc(N)c1. The zero-order valence-corrected chi connectivity index (χ0v) is 13.1. The van der Waals surface area contributed by atoms with Crippen LogP contribution in [0.25, 0.3) is 0 Å². The van der Waals surface area contributed by atoms with Crippen LogP contribution in [-0.2, 0) is 9.53 Å². The third-order valence-corrected chi connectivity index (χ3v) is 3.13. The van der Waals surface area contributed by atoms with E-state index in [1.807, 2.05) is 0 Å². The Labute approximate surface area is 138 Å². The monoisotopic (exact) mass is 334 g/mol. The number of nitrogens with one attached hydrogen (secondary N) is 1. The van der Waals surface area contributed by atoms with Crippen molar-refractivity contribution in [3.8, 4) is 5.75 Å². The highest BCUT2D eigenvalue weighted by Gasteiger charge is 2.12. The van der Waals surface area contributed by atoms with Crippen LogP contribution in [0.15, 0.2) is 42.5 Å². The van der Waals surface area contributed by atoms with Gasteiger partial charge in [-0.25, -0.2) is 4.79 Å². The summed E-state index contributed by atoms with van der Waals surface area (Å²) in [5.74, 6) is -0.696. The molecular weight excluding hydrogens is 320 g/mol. The van der Waals surface area contributed by atoms with E-state index in [4.69, 9.17) is 26.8 Å². The van der Waals surface area contributed by atoms with E-state index in [1.165, 1.54) is 19.2 Å². The molecule has 1 amide bonds. The Bertz CT molecular complexity index is 734. The maximum Gasteiger partial charge on any atom is 0.338 e. The quantitative estimate of drug-likeness (QED) is 0.648. The molecule has 2 aromatic rings. The van der Waals surface area contributed by atoms with Gasteiger partial charge in [0.15, 0.2) is 6.61 Å². The average Bonchev–Trinajstić information content (AvgIpc) is 2.53. The molecule has 6 nitrogen and oxygen atoms in total. The van der Waals surface area contributed by atoms with Crippen LogP contribution in [0.3, 0.4) is 0 Å². The second kappa shape index (κ2) is 7.51. The smallest absolute Gasteiger partial charge is 0.338 e. The molecule has 0 atom stereocenters. The maximum atomic E-state index is 11.9. The number of carbonyl (C=O) groups is 2. The Morgan fingerprint density at radius 2 is 2.00 bits per heavy atom. The van der Waals surface area contributed by atoms with Gasteiger partial charge in [-0.05, 0) is 36.4 Å². The van der Waals surface area contributed by atoms with Crippen LogP contribution in [0.4, 0.5) is 11.4 Å². The fourth-order valence-electron chi connectivity index (χ4n) is 1.84. The van der Waals surface area contributed by atoms with E-state index < -0.39 is 18.5 Å². The van der Waals surface area contributed by atoms with Crippen molar-refractivity contribution in [1.29, 1.82) is 0 Å². The minimum atomic E-state index is -0.634. The van der Waals surface area contributed by atoms with Gasteiger partial charge in [0.1, 0.15) is 5.75 Å². The number of esters is 1. The van der Waals surface area contributed by atoms with Gasteiger partial charge in [-0.15, -0.1) is 0 Å². The summed E-state index contributed by atoms with van der Waals surface area (Å²) in [6.07, 6.45) is 0. The van der Waals surface area contributed by atoms with E-state index in [-0.39, 0.29) is 5.56 Å². The van der Waals surface area contributed by atoms with Crippen molar-refractivity contribution in [2.45, 2.75) is 0 Å². The Kier molecular flexibility index (Phi) is 5.43. The number of hydrogen-bond donors (Lipinski definition) is 2. The van der Waals surface area contributed by atoms with Gasteiger partial charge in [-0.2, -0.15) is 0 Å². The Morgan fingerprint density at radius 1 is 1.22 bits per heavy atom. The van der Waals surface area contributed by atoms with E-state index in [1.54, 1.807) is 30.3 Å². The van der Waals surface area contributed by atoms with E-state index in [0.717, 1.165) is 0 Å². The summed E-state index contributed by atoms with van der Waals surface area (Å²) in [7, 11) is 1.47. The van der Waals surface area contributed by atoms with Crippen LogP contribution in [0.2, 0.25) is 5.02 Å². The number of carbonyl (C=O) groups excluding carboxylic acids is 2.